The summed E-state index contributed by atoms with van der Waals surface area (Å²) in [5, 5.41) is 14.1. The molecule has 0 amide bonds. The Kier molecular flexibility index (Phi) is 5.21. The van der Waals surface area contributed by atoms with Gasteiger partial charge in [-0.3, -0.25) is 9.88 Å². The van der Waals surface area contributed by atoms with Gasteiger partial charge in [0.1, 0.15) is 5.69 Å². The van der Waals surface area contributed by atoms with E-state index in [-0.39, 0.29) is 11.7 Å². The largest absolute Gasteiger partial charge is 0.504 e. The van der Waals surface area contributed by atoms with Gasteiger partial charge >= 0.3 is 0 Å². The molecule has 0 saturated carbocycles. The molecule has 2 aromatic heterocycles. The van der Waals surface area contributed by atoms with Crippen LogP contribution in [0, 0.1) is 6.92 Å². The molecule has 28 heavy (non-hydrogen) atoms. The topological polar surface area (TPSA) is 97.4 Å². The maximum atomic E-state index is 9.94. The van der Waals surface area contributed by atoms with Crippen LogP contribution in [-0.2, 0) is 6.54 Å². The first-order valence-corrected chi connectivity index (χ1v) is 9.33. The molecule has 4 rings (SSSR count). The zero-order valence-corrected chi connectivity index (χ0v) is 16.0. The van der Waals surface area contributed by atoms with Crippen LogP contribution in [0.4, 0.5) is 0 Å². The highest BCUT2D eigenvalue weighted by Gasteiger charge is 2.25. The third-order valence-electron chi connectivity index (χ3n) is 5.04. The van der Waals surface area contributed by atoms with Gasteiger partial charge in [0.2, 0.25) is 0 Å². The fourth-order valence-corrected chi connectivity index (χ4v) is 3.45. The molecule has 0 aliphatic carbocycles. The van der Waals surface area contributed by atoms with Gasteiger partial charge in [-0.15, -0.1) is 0 Å². The summed E-state index contributed by atoms with van der Waals surface area (Å²) in [6.07, 6.45) is 5.26. The van der Waals surface area contributed by atoms with E-state index in [0.717, 1.165) is 49.6 Å². The van der Waals surface area contributed by atoms with Crippen LogP contribution >= 0.6 is 0 Å². The minimum atomic E-state index is 0.174. The van der Waals surface area contributed by atoms with Crippen molar-refractivity contribution in [2.75, 3.05) is 20.2 Å². The van der Waals surface area contributed by atoms with Crippen LogP contribution in [0.2, 0.25) is 0 Å². The summed E-state index contributed by atoms with van der Waals surface area (Å²) in [4.78, 5) is 15.4. The number of piperidine rings is 1. The summed E-state index contributed by atoms with van der Waals surface area (Å²) in [5.41, 5.74) is 2.51. The van der Waals surface area contributed by atoms with Gasteiger partial charge in [0.05, 0.1) is 19.0 Å². The summed E-state index contributed by atoms with van der Waals surface area (Å²) in [6, 6.07) is 5.55. The number of phenolic OH excluding ortho intramolecular Hbond substituents is 1. The first-order chi connectivity index (χ1) is 13.6. The SMILES string of the molecule is COc1ccc(CN2CCC(c3noc(-c4cnc(C)cn4)n3)CC2)cc1O. The fourth-order valence-electron chi connectivity index (χ4n) is 3.45. The van der Waals surface area contributed by atoms with Crippen LogP contribution in [0.1, 0.15) is 35.8 Å². The molecule has 1 aromatic carbocycles. The van der Waals surface area contributed by atoms with Crippen molar-refractivity contribution in [3.8, 4) is 23.1 Å². The number of hydrogen-bond donors (Lipinski definition) is 1. The predicted molar refractivity (Wildman–Crippen MR) is 102 cm³/mol. The molecular formula is C20H23N5O3. The van der Waals surface area contributed by atoms with Crippen LogP contribution < -0.4 is 4.74 Å². The summed E-state index contributed by atoms with van der Waals surface area (Å²) in [6.45, 7) is 4.55. The summed E-state index contributed by atoms with van der Waals surface area (Å²) in [5.74, 6) is 2.09. The van der Waals surface area contributed by atoms with E-state index in [0.29, 0.717) is 17.3 Å². The number of ether oxygens (including phenoxy) is 1. The molecule has 1 N–H and O–H groups in total. The molecule has 3 aromatic rings. The van der Waals surface area contributed by atoms with Crippen molar-refractivity contribution in [1.29, 1.82) is 0 Å². The first kappa shape index (κ1) is 18.4. The third-order valence-corrected chi connectivity index (χ3v) is 5.04. The smallest absolute Gasteiger partial charge is 0.278 e. The van der Waals surface area contributed by atoms with Gasteiger partial charge in [0, 0.05) is 18.7 Å². The molecule has 3 heterocycles. The van der Waals surface area contributed by atoms with Crippen LogP contribution in [0.5, 0.6) is 11.5 Å². The lowest BCUT2D eigenvalue weighted by molar-refractivity contribution is 0.200. The number of nitrogens with zero attached hydrogens (tertiary/aromatic N) is 5. The number of rotatable bonds is 5. The van der Waals surface area contributed by atoms with Crippen molar-refractivity contribution >= 4 is 0 Å². The predicted octanol–water partition coefficient (Wildman–Crippen LogP) is 2.93. The average Bonchev–Trinajstić information content (AvgIpc) is 3.19. The first-order valence-electron chi connectivity index (χ1n) is 9.33. The van der Waals surface area contributed by atoms with E-state index in [1.807, 2.05) is 13.0 Å². The molecular weight excluding hydrogens is 358 g/mol. The highest BCUT2D eigenvalue weighted by Crippen LogP contribution is 2.30. The lowest BCUT2D eigenvalue weighted by Crippen LogP contribution is -2.32. The molecule has 0 unspecified atom stereocenters. The second kappa shape index (κ2) is 7.93. The van der Waals surface area contributed by atoms with Crippen molar-refractivity contribution in [3.63, 3.8) is 0 Å². The van der Waals surface area contributed by atoms with Crippen LogP contribution in [0.15, 0.2) is 35.1 Å². The Morgan fingerprint density at radius 1 is 1.21 bits per heavy atom. The average molecular weight is 381 g/mol. The maximum absolute atomic E-state index is 9.94. The zero-order valence-electron chi connectivity index (χ0n) is 16.0. The van der Waals surface area contributed by atoms with E-state index in [1.165, 1.54) is 0 Å². The van der Waals surface area contributed by atoms with Gasteiger partial charge in [-0.25, -0.2) is 4.98 Å². The molecule has 0 spiro atoms. The normalized spacial score (nSPS) is 15.6. The van der Waals surface area contributed by atoms with Crippen molar-refractivity contribution in [3.05, 3.63) is 47.7 Å². The molecule has 146 valence electrons. The van der Waals surface area contributed by atoms with Crippen LogP contribution in [0.3, 0.4) is 0 Å². The van der Waals surface area contributed by atoms with E-state index in [1.54, 1.807) is 31.6 Å². The monoisotopic (exact) mass is 381 g/mol. The summed E-state index contributed by atoms with van der Waals surface area (Å²) < 4.78 is 10.5. The Morgan fingerprint density at radius 2 is 2.04 bits per heavy atom. The minimum absolute atomic E-state index is 0.174. The number of phenols is 1. The highest BCUT2D eigenvalue weighted by atomic mass is 16.5. The Labute approximate surface area is 163 Å². The van der Waals surface area contributed by atoms with Gasteiger partial charge in [-0.05, 0) is 50.6 Å². The zero-order chi connectivity index (χ0) is 19.5. The Bertz CT molecular complexity index is 933. The van der Waals surface area contributed by atoms with E-state index in [2.05, 4.69) is 25.0 Å². The molecule has 8 heteroatoms. The third kappa shape index (κ3) is 3.96. The number of methoxy groups -OCH3 is 1. The van der Waals surface area contributed by atoms with E-state index in [4.69, 9.17) is 9.26 Å². The molecule has 1 aliphatic rings. The number of aryl methyl sites for hydroxylation is 1. The van der Waals surface area contributed by atoms with Crippen molar-refractivity contribution in [2.24, 2.45) is 0 Å². The maximum Gasteiger partial charge on any atom is 0.278 e. The van der Waals surface area contributed by atoms with Crippen LogP contribution in [0.25, 0.3) is 11.6 Å². The quantitative estimate of drug-likeness (QED) is 0.720. The summed E-state index contributed by atoms with van der Waals surface area (Å²) in [7, 11) is 1.55. The number of aromatic hydroxyl groups is 1. The lowest BCUT2D eigenvalue weighted by atomic mass is 9.96. The lowest BCUT2D eigenvalue weighted by Gasteiger charge is -2.30. The molecule has 0 radical (unpaired) electrons. The van der Waals surface area contributed by atoms with Gasteiger partial charge in [0.15, 0.2) is 17.3 Å². The van der Waals surface area contributed by atoms with Gasteiger partial charge in [0.25, 0.3) is 5.89 Å². The number of likely N-dealkylation sites (tertiary alicyclic amines) is 1. The second-order valence-corrected chi connectivity index (χ2v) is 7.06. The molecule has 8 nitrogen and oxygen atoms in total. The van der Waals surface area contributed by atoms with Crippen molar-refractivity contribution in [1.82, 2.24) is 25.0 Å². The fraction of sp³-hybridized carbons (Fsp3) is 0.400. The molecule has 1 fully saturated rings. The van der Waals surface area contributed by atoms with Gasteiger partial charge < -0.3 is 14.4 Å². The van der Waals surface area contributed by atoms with E-state index >= 15 is 0 Å². The number of hydrogen-bond acceptors (Lipinski definition) is 8. The number of benzene rings is 1. The molecule has 1 saturated heterocycles. The van der Waals surface area contributed by atoms with Crippen LogP contribution in [-0.4, -0.2) is 50.3 Å². The van der Waals surface area contributed by atoms with E-state index < -0.39 is 0 Å². The standard InChI is InChI=1S/C20H23N5O3/c1-13-10-22-16(11-21-13)20-23-19(24-28-20)15-5-7-25(8-6-15)12-14-3-4-18(27-2)17(26)9-14/h3-4,9-11,15,26H,5-8,12H2,1-2H3. The van der Waals surface area contributed by atoms with E-state index in [9.17, 15) is 5.11 Å². The Hall–Kier alpha value is -3.00. The highest BCUT2D eigenvalue weighted by molar-refractivity contribution is 5.44. The van der Waals surface area contributed by atoms with Crippen molar-refractivity contribution < 1.29 is 14.4 Å². The Balaban J connectivity index is 1.35. The molecule has 0 atom stereocenters. The van der Waals surface area contributed by atoms with Gasteiger partial charge in [-0.2, -0.15) is 4.98 Å². The Morgan fingerprint density at radius 3 is 2.71 bits per heavy atom. The number of aromatic nitrogens is 4. The molecule has 1 aliphatic heterocycles. The van der Waals surface area contributed by atoms with Crippen molar-refractivity contribution in [2.45, 2.75) is 32.2 Å². The van der Waals surface area contributed by atoms with Gasteiger partial charge in [-0.1, -0.05) is 11.2 Å². The minimum Gasteiger partial charge on any atom is -0.504 e. The molecule has 0 bridgehead atoms. The summed E-state index contributed by atoms with van der Waals surface area (Å²) >= 11 is 0. The second-order valence-electron chi connectivity index (χ2n) is 7.06.